The average Bonchev–Trinajstić information content (AvgIpc) is 2.15. The molecule has 1 aromatic rings. The van der Waals surface area contributed by atoms with Gasteiger partial charge in [0.05, 0.1) is 12.7 Å². The van der Waals surface area contributed by atoms with Gasteiger partial charge in [-0.15, -0.1) is 0 Å². The summed E-state index contributed by atoms with van der Waals surface area (Å²) in [6.07, 6.45) is -0.412. The molecule has 1 aromatic carbocycles. The van der Waals surface area contributed by atoms with Crippen LogP contribution < -0.4 is 4.74 Å². The van der Waals surface area contributed by atoms with Crippen molar-refractivity contribution in [1.29, 1.82) is 0 Å². The first kappa shape index (κ1) is 10.5. The molecule has 0 radical (unpaired) electrons. The minimum atomic E-state index is -0.412. The van der Waals surface area contributed by atoms with Crippen LogP contribution in [0.25, 0.3) is 0 Å². The quantitative estimate of drug-likeness (QED) is 0.826. The van der Waals surface area contributed by atoms with E-state index in [0.717, 1.165) is 16.6 Å². The van der Waals surface area contributed by atoms with Crippen LogP contribution in [0.5, 0.6) is 5.75 Å². The average molecular weight is 245 g/mol. The first-order valence-electron chi connectivity index (χ1n) is 4.21. The highest BCUT2D eigenvalue weighted by molar-refractivity contribution is 9.09. The first-order valence-corrected chi connectivity index (χ1v) is 5.33. The number of halogens is 1. The molecule has 1 atom stereocenters. The summed E-state index contributed by atoms with van der Waals surface area (Å²) < 4.78 is 5.36. The van der Waals surface area contributed by atoms with Crippen molar-refractivity contribution in [1.82, 2.24) is 0 Å². The topological polar surface area (TPSA) is 29.5 Å². The van der Waals surface area contributed by atoms with Gasteiger partial charge in [-0.2, -0.15) is 0 Å². The number of aliphatic hydroxyl groups is 1. The molecule has 0 aliphatic rings. The molecule has 1 unspecified atom stereocenters. The van der Waals surface area contributed by atoms with Crippen LogP contribution in [-0.4, -0.2) is 17.0 Å². The van der Waals surface area contributed by atoms with E-state index in [1.807, 2.05) is 24.3 Å². The Bertz CT molecular complexity index is 244. The van der Waals surface area contributed by atoms with E-state index in [4.69, 9.17) is 4.74 Å². The van der Waals surface area contributed by atoms with E-state index in [1.165, 1.54) is 0 Å². The number of rotatable bonds is 4. The number of hydrogen-bond donors (Lipinski definition) is 1. The maximum absolute atomic E-state index is 9.24. The van der Waals surface area contributed by atoms with Crippen molar-refractivity contribution in [2.45, 2.75) is 13.0 Å². The molecule has 0 aliphatic heterocycles. The minimum Gasteiger partial charge on any atom is -0.493 e. The molecule has 3 heteroatoms. The molecule has 0 amide bonds. The van der Waals surface area contributed by atoms with Crippen LogP contribution >= 0.6 is 15.9 Å². The molecule has 72 valence electrons. The van der Waals surface area contributed by atoms with Gasteiger partial charge >= 0.3 is 0 Å². The van der Waals surface area contributed by atoms with E-state index in [-0.39, 0.29) is 0 Å². The molecule has 0 bridgehead atoms. The molecular weight excluding hydrogens is 232 g/mol. The van der Waals surface area contributed by atoms with Crippen molar-refractivity contribution in [3.05, 3.63) is 29.8 Å². The van der Waals surface area contributed by atoms with Crippen LogP contribution in [-0.2, 0) is 0 Å². The molecule has 0 fully saturated rings. The van der Waals surface area contributed by atoms with Crippen molar-refractivity contribution >= 4 is 15.9 Å². The molecular formula is C10H13BrO2. The second-order valence-corrected chi connectivity index (χ2v) is 3.58. The Morgan fingerprint density at radius 3 is 2.46 bits per heavy atom. The van der Waals surface area contributed by atoms with E-state index in [2.05, 4.69) is 15.9 Å². The third-order valence-electron chi connectivity index (χ3n) is 1.71. The van der Waals surface area contributed by atoms with Crippen molar-refractivity contribution in [2.24, 2.45) is 0 Å². The molecule has 0 spiro atoms. The van der Waals surface area contributed by atoms with Crippen LogP contribution in [0.1, 0.15) is 18.6 Å². The zero-order valence-corrected chi connectivity index (χ0v) is 9.12. The van der Waals surface area contributed by atoms with Crippen LogP contribution in [0.4, 0.5) is 0 Å². The van der Waals surface area contributed by atoms with Gasteiger partial charge in [0.15, 0.2) is 0 Å². The van der Waals surface area contributed by atoms with Gasteiger partial charge in [0.2, 0.25) is 0 Å². The highest BCUT2D eigenvalue weighted by Crippen LogP contribution is 2.17. The first-order chi connectivity index (χ1) is 6.24. The van der Waals surface area contributed by atoms with Crippen molar-refractivity contribution < 1.29 is 9.84 Å². The summed E-state index contributed by atoms with van der Waals surface area (Å²) in [5.41, 5.74) is 0.909. The van der Waals surface area contributed by atoms with Crippen LogP contribution in [0.3, 0.4) is 0 Å². The molecule has 13 heavy (non-hydrogen) atoms. The normalized spacial score (nSPS) is 12.5. The lowest BCUT2D eigenvalue weighted by Crippen LogP contribution is -1.98. The smallest absolute Gasteiger partial charge is 0.119 e. The SMILES string of the molecule is CC(O)c1ccc(OCCBr)cc1. The van der Waals surface area contributed by atoms with Crippen molar-refractivity contribution in [3.63, 3.8) is 0 Å². The van der Waals surface area contributed by atoms with Gasteiger partial charge in [-0.25, -0.2) is 0 Å². The second kappa shape index (κ2) is 5.25. The number of benzene rings is 1. The maximum Gasteiger partial charge on any atom is 0.119 e. The number of ether oxygens (including phenoxy) is 1. The van der Waals surface area contributed by atoms with Crippen LogP contribution in [0, 0.1) is 0 Å². The van der Waals surface area contributed by atoms with E-state index in [0.29, 0.717) is 6.61 Å². The molecule has 1 N–H and O–H groups in total. The standard InChI is InChI=1S/C10H13BrO2/c1-8(12)9-2-4-10(5-3-9)13-7-6-11/h2-5,8,12H,6-7H2,1H3. The Balaban J connectivity index is 2.59. The van der Waals surface area contributed by atoms with Gasteiger partial charge in [0.1, 0.15) is 5.75 Å². The summed E-state index contributed by atoms with van der Waals surface area (Å²) in [5, 5.41) is 10.1. The highest BCUT2D eigenvalue weighted by Gasteiger charge is 1.99. The predicted octanol–water partition coefficient (Wildman–Crippen LogP) is 2.51. The lowest BCUT2D eigenvalue weighted by Gasteiger charge is -2.06. The number of aliphatic hydroxyl groups excluding tert-OH is 1. The summed E-state index contributed by atoms with van der Waals surface area (Å²) in [6.45, 7) is 2.41. The van der Waals surface area contributed by atoms with E-state index < -0.39 is 6.10 Å². The summed E-state index contributed by atoms with van der Waals surface area (Å²) in [7, 11) is 0. The molecule has 0 heterocycles. The maximum atomic E-state index is 9.24. The summed E-state index contributed by atoms with van der Waals surface area (Å²) >= 11 is 3.28. The monoisotopic (exact) mass is 244 g/mol. The van der Waals surface area contributed by atoms with E-state index in [1.54, 1.807) is 6.92 Å². The van der Waals surface area contributed by atoms with Crippen LogP contribution in [0.2, 0.25) is 0 Å². The Hall–Kier alpha value is -0.540. The van der Waals surface area contributed by atoms with Gasteiger partial charge in [0.25, 0.3) is 0 Å². The second-order valence-electron chi connectivity index (χ2n) is 2.78. The summed E-state index contributed by atoms with van der Waals surface area (Å²) in [4.78, 5) is 0. The van der Waals surface area contributed by atoms with Crippen molar-refractivity contribution in [2.75, 3.05) is 11.9 Å². The Morgan fingerprint density at radius 2 is 2.00 bits per heavy atom. The molecule has 1 rings (SSSR count). The fourth-order valence-corrected chi connectivity index (χ4v) is 1.16. The molecule has 2 nitrogen and oxygen atoms in total. The van der Waals surface area contributed by atoms with Gasteiger partial charge < -0.3 is 9.84 Å². The van der Waals surface area contributed by atoms with Gasteiger partial charge in [-0.3, -0.25) is 0 Å². The molecule has 0 saturated carbocycles. The van der Waals surface area contributed by atoms with Gasteiger partial charge in [-0.1, -0.05) is 28.1 Å². The summed E-state index contributed by atoms with van der Waals surface area (Å²) in [5.74, 6) is 0.837. The zero-order valence-electron chi connectivity index (χ0n) is 7.53. The fourth-order valence-electron chi connectivity index (χ4n) is 0.999. The highest BCUT2D eigenvalue weighted by atomic mass is 79.9. The minimum absolute atomic E-state index is 0.412. The van der Waals surface area contributed by atoms with Crippen molar-refractivity contribution in [3.8, 4) is 5.75 Å². The lowest BCUT2D eigenvalue weighted by molar-refractivity contribution is 0.199. The van der Waals surface area contributed by atoms with Crippen LogP contribution in [0.15, 0.2) is 24.3 Å². The predicted molar refractivity (Wildman–Crippen MR) is 56.4 cm³/mol. The number of hydrogen-bond acceptors (Lipinski definition) is 2. The lowest BCUT2D eigenvalue weighted by atomic mass is 10.1. The fraction of sp³-hybridized carbons (Fsp3) is 0.400. The third kappa shape index (κ3) is 3.36. The molecule has 0 aromatic heterocycles. The Morgan fingerprint density at radius 1 is 1.38 bits per heavy atom. The zero-order chi connectivity index (χ0) is 9.68. The Labute approximate surface area is 86.7 Å². The van der Waals surface area contributed by atoms with E-state index in [9.17, 15) is 5.11 Å². The third-order valence-corrected chi connectivity index (χ3v) is 2.03. The number of alkyl halides is 1. The van der Waals surface area contributed by atoms with Gasteiger partial charge in [-0.05, 0) is 24.6 Å². The largest absolute Gasteiger partial charge is 0.493 e. The summed E-state index contributed by atoms with van der Waals surface area (Å²) in [6, 6.07) is 7.47. The Kier molecular flexibility index (Phi) is 4.25. The van der Waals surface area contributed by atoms with Gasteiger partial charge in [0, 0.05) is 5.33 Å². The molecule has 0 saturated heterocycles. The molecule has 0 aliphatic carbocycles. The van der Waals surface area contributed by atoms with E-state index >= 15 is 0 Å².